The molecule has 0 aliphatic carbocycles. The number of rotatable bonds is 4. The van der Waals surface area contributed by atoms with Crippen molar-refractivity contribution < 1.29 is 9.47 Å². The van der Waals surface area contributed by atoms with E-state index in [1.807, 2.05) is 12.3 Å². The van der Waals surface area contributed by atoms with Gasteiger partial charge in [-0.2, -0.15) is 4.98 Å². The number of hydrogen-bond donors (Lipinski definition) is 1. The zero-order valence-corrected chi connectivity index (χ0v) is 10.5. The van der Waals surface area contributed by atoms with Crippen LogP contribution in [0.25, 0.3) is 11.4 Å². The van der Waals surface area contributed by atoms with Crippen LogP contribution in [0, 0.1) is 0 Å². The second kappa shape index (κ2) is 5.05. The number of aromatic nitrogens is 4. The Morgan fingerprint density at radius 2 is 2.00 bits per heavy atom. The predicted octanol–water partition coefficient (Wildman–Crippen LogP) is 1.61. The summed E-state index contributed by atoms with van der Waals surface area (Å²) in [6.45, 7) is 0. The minimum Gasteiger partial charge on any atom is -0.481 e. The average Bonchev–Trinajstić information content (AvgIpc) is 2.86. The van der Waals surface area contributed by atoms with E-state index in [-0.39, 0.29) is 0 Å². The summed E-state index contributed by atoms with van der Waals surface area (Å²) in [5.74, 6) is 1.57. The van der Waals surface area contributed by atoms with E-state index < -0.39 is 0 Å². The van der Waals surface area contributed by atoms with Gasteiger partial charge in [0.05, 0.1) is 19.8 Å². The largest absolute Gasteiger partial charge is 0.481 e. The molecule has 2 rings (SSSR count). The summed E-state index contributed by atoms with van der Waals surface area (Å²) in [7, 11) is 3.11. The van der Waals surface area contributed by atoms with Crippen molar-refractivity contribution in [3.8, 4) is 23.1 Å². The highest BCUT2D eigenvalue weighted by Crippen LogP contribution is 2.28. The lowest BCUT2D eigenvalue weighted by atomic mass is 10.2. The molecule has 0 bridgehead atoms. The van der Waals surface area contributed by atoms with Crippen molar-refractivity contribution in [2.24, 2.45) is 0 Å². The van der Waals surface area contributed by atoms with Crippen molar-refractivity contribution in [3.63, 3.8) is 0 Å². The average molecular weight is 252 g/mol. The topological polar surface area (TPSA) is 72.9 Å². The molecule has 0 unspecified atom stereocenters. The van der Waals surface area contributed by atoms with Gasteiger partial charge in [0.2, 0.25) is 16.9 Å². The molecule has 0 spiro atoms. The fourth-order valence-corrected chi connectivity index (χ4v) is 1.65. The Balaban J connectivity index is 2.43. The normalized spacial score (nSPS) is 10.3. The fraction of sp³-hybridized carbons (Fsp3) is 0.300. The Kier molecular flexibility index (Phi) is 3.48. The Labute approximate surface area is 103 Å². The molecule has 0 radical (unpaired) electrons. The van der Waals surface area contributed by atoms with Crippen LogP contribution in [0.2, 0.25) is 0 Å². The fourth-order valence-electron chi connectivity index (χ4n) is 1.33. The lowest BCUT2D eigenvalue weighted by Crippen LogP contribution is -1.95. The molecule has 0 amide bonds. The lowest BCUT2D eigenvalue weighted by molar-refractivity contribution is 0.365. The molecular weight excluding hydrogens is 240 g/mol. The molecule has 0 saturated carbocycles. The molecule has 2 aromatic rings. The van der Waals surface area contributed by atoms with E-state index in [2.05, 4.69) is 20.2 Å². The Bertz CT molecular complexity index is 515. The zero-order valence-electron chi connectivity index (χ0n) is 9.72. The summed E-state index contributed by atoms with van der Waals surface area (Å²) in [6, 6.07) is 3.58. The van der Waals surface area contributed by atoms with Gasteiger partial charge >= 0.3 is 0 Å². The van der Waals surface area contributed by atoms with Gasteiger partial charge < -0.3 is 9.47 Å². The number of nitrogens with zero attached hydrogens (tertiary/aromatic N) is 3. The summed E-state index contributed by atoms with van der Waals surface area (Å²) in [5, 5.41) is 7.56. The third-order valence-corrected chi connectivity index (χ3v) is 2.69. The van der Waals surface area contributed by atoms with E-state index in [1.165, 1.54) is 11.8 Å². The van der Waals surface area contributed by atoms with Gasteiger partial charge in [0.25, 0.3) is 0 Å². The van der Waals surface area contributed by atoms with Crippen LogP contribution in [0.1, 0.15) is 0 Å². The van der Waals surface area contributed by atoms with E-state index in [0.29, 0.717) is 22.7 Å². The highest BCUT2D eigenvalue weighted by molar-refractivity contribution is 7.98. The van der Waals surface area contributed by atoms with Gasteiger partial charge in [0.15, 0.2) is 5.82 Å². The SMILES string of the molecule is COc1ccc(-c2nc(SC)n[nH]2)c(OC)n1. The first kappa shape index (κ1) is 11.7. The maximum absolute atomic E-state index is 5.20. The lowest BCUT2D eigenvalue weighted by Gasteiger charge is -2.06. The highest BCUT2D eigenvalue weighted by Gasteiger charge is 2.12. The van der Waals surface area contributed by atoms with Gasteiger partial charge in [-0.1, -0.05) is 11.8 Å². The summed E-state index contributed by atoms with van der Waals surface area (Å²) in [6.07, 6.45) is 1.91. The maximum atomic E-state index is 5.20. The van der Waals surface area contributed by atoms with Crippen molar-refractivity contribution in [1.29, 1.82) is 0 Å². The van der Waals surface area contributed by atoms with Crippen LogP contribution >= 0.6 is 11.8 Å². The first-order chi connectivity index (χ1) is 8.28. The predicted molar refractivity (Wildman–Crippen MR) is 64.5 cm³/mol. The second-order valence-electron chi connectivity index (χ2n) is 3.08. The third-order valence-electron chi connectivity index (χ3n) is 2.14. The Hall–Kier alpha value is -1.76. The number of pyridine rings is 1. The highest BCUT2D eigenvalue weighted by atomic mass is 32.2. The minimum absolute atomic E-state index is 0.452. The van der Waals surface area contributed by atoms with Crippen LogP contribution < -0.4 is 9.47 Å². The molecule has 1 N–H and O–H groups in total. The summed E-state index contributed by atoms with van der Waals surface area (Å²) < 4.78 is 10.2. The number of nitrogens with one attached hydrogen (secondary N) is 1. The number of hydrogen-bond acceptors (Lipinski definition) is 6. The first-order valence-electron chi connectivity index (χ1n) is 4.84. The number of H-pyrrole nitrogens is 1. The number of aromatic amines is 1. The zero-order chi connectivity index (χ0) is 12.3. The van der Waals surface area contributed by atoms with Crippen molar-refractivity contribution in [2.75, 3.05) is 20.5 Å². The van der Waals surface area contributed by atoms with Crippen LogP contribution in [0.5, 0.6) is 11.8 Å². The standard InChI is InChI=1S/C10H12N4O2S/c1-15-7-5-4-6(9(11-7)16-2)8-12-10(17-3)14-13-8/h4-5H,1-3H3,(H,12,13,14). The Morgan fingerprint density at radius 1 is 1.18 bits per heavy atom. The van der Waals surface area contributed by atoms with Gasteiger partial charge in [-0.25, -0.2) is 4.98 Å². The molecule has 17 heavy (non-hydrogen) atoms. The number of ether oxygens (including phenoxy) is 2. The van der Waals surface area contributed by atoms with Crippen molar-refractivity contribution >= 4 is 11.8 Å². The molecule has 0 aliphatic rings. The van der Waals surface area contributed by atoms with Gasteiger partial charge in [-0.05, 0) is 12.3 Å². The molecule has 0 fully saturated rings. The van der Waals surface area contributed by atoms with Crippen LogP contribution in [0.15, 0.2) is 17.3 Å². The van der Waals surface area contributed by atoms with Crippen LogP contribution in [-0.4, -0.2) is 40.6 Å². The van der Waals surface area contributed by atoms with Gasteiger partial charge in [0.1, 0.15) is 0 Å². The van der Waals surface area contributed by atoms with Gasteiger partial charge in [-0.3, -0.25) is 5.10 Å². The molecule has 90 valence electrons. The van der Waals surface area contributed by atoms with Crippen molar-refractivity contribution in [2.45, 2.75) is 5.16 Å². The van der Waals surface area contributed by atoms with Crippen molar-refractivity contribution in [3.05, 3.63) is 12.1 Å². The van der Waals surface area contributed by atoms with Crippen molar-refractivity contribution in [1.82, 2.24) is 20.2 Å². The molecule has 2 aromatic heterocycles. The van der Waals surface area contributed by atoms with Crippen LogP contribution in [0.4, 0.5) is 0 Å². The van der Waals surface area contributed by atoms with Crippen LogP contribution in [0.3, 0.4) is 0 Å². The molecule has 0 aromatic carbocycles. The second-order valence-corrected chi connectivity index (χ2v) is 3.85. The number of methoxy groups -OCH3 is 2. The molecule has 0 atom stereocenters. The summed E-state index contributed by atoms with van der Waals surface area (Å²) >= 11 is 1.47. The molecule has 2 heterocycles. The molecule has 0 aliphatic heterocycles. The molecule has 0 saturated heterocycles. The smallest absolute Gasteiger partial charge is 0.227 e. The molecule has 6 nitrogen and oxygen atoms in total. The molecular formula is C10H12N4O2S. The molecule has 7 heteroatoms. The van der Waals surface area contributed by atoms with Crippen LogP contribution in [-0.2, 0) is 0 Å². The Morgan fingerprint density at radius 3 is 2.59 bits per heavy atom. The van der Waals surface area contributed by atoms with Gasteiger partial charge in [-0.15, -0.1) is 5.10 Å². The van der Waals surface area contributed by atoms with Gasteiger partial charge in [0, 0.05) is 6.07 Å². The quantitative estimate of drug-likeness (QED) is 0.833. The van der Waals surface area contributed by atoms with E-state index in [1.54, 1.807) is 20.3 Å². The van der Waals surface area contributed by atoms with E-state index in [4.69, 9.17) is 9.47 Å². The number of thioether (sulfide) groups is 1. The third kappa shape index (κ3) is 2.33. The first-order valence-corrected chi connectivity index (χ1v) is 6.06. The van der Waals surface area contributed by atoms with E-state index >= 15 is 0 Å². The van der Waals surface area contributed by atoms with E-state index in [0.717, 1.165) is 5.56 Å². The maximum Gasteiger partial charge on any atom is 0.227 e. The van der Waals surface area contributed by atoms with E-state index in [9.17, 15) is 0 Å². The summed E-state index contributed by atoms with van der Waals surface area (Å²) in [5.41, 5.74) is 0.751. The monoisotopic (exact) mass is 252 g/mol. The summed E-state index contributed by atoms with van der Waals surface area (Å²) in [4.78, 5) is 8.48. The minimum atomic E-state index is 0.452.